The molecule has 1 atom stereocenters. The number of nitrogens with one attached hydrogen (secondary N) is 2. The second-order valence-corrected chi connectivity index (χ2v) is 7.15. The van der Waals surface area contributed by atoms with Crippen LogP contribution in [0.25, 0.3) is 0 Å². The minimum atomic E-state index is -0.162. The molecule has 5 nitrogen and oxygen atoms in total. The number of hydrogen-bond donors (Lipinski definition) is 3. The number of nitrogens with zero attached hydrogens (tertiary/aromatic N) is 1. The second-order valence-electron chi connectivity index (χ2n) is 7.15. The van der Waals surface area contributed by atoms with E-state index < -0.39 is 0 Å². The molecule has 0 fully saturated rings. The molecule has 25 heavy (non-hydrogen) atoms. The van der Waals surface area contributed by atoms with Gasteiger partial charge >= 0.3 is 0 Å². The summed E-state index contributed by atoms with van der Waals surface area (Å²) in [5, 5.41) is 15.2. The molecule has 0 aliphatic heterocycles. The van der Waals surface area contributed by atoms with Gasteiger partial charge in [0.25, 0.3) is 5.91 Å². The number of rotatable bonds is 6. The molecule has 0 saturated carbocycles. The number of amides is 1. The van der Waals surface area contributed by atoms with Crippen molar-refractivity contribution in [3.63, 3.8) is 0 Å². The number of aliphatic hydroxyl groups excluding tert-OH is 1. The van der Waals surface area contributed by atoms with E-state index in [0.29, 0.717) is 17.1 Å². The number of carbonyl (C=O) groups excluding carboxylic acids is 1. The Kier molecular flexibility index (Phi) is 6.15. The third-order valence-electron chi connectivity index (χ3n) is 4.10. The van der Waals surface area contributed by atoms with Crippen molar-refractivity contribution in [2.45, 2.75) is 45.6 Å². The van der Waals surface area contributed by atoms with Gasteiger partial charge in [0.2, 0.25) is 0 Å². The Morgan fingerprint density at radius 2 is 1.84 bits per heavy atom. The number of hydrogen-bond acceptors (Lipinski definition) is 4. The summed E-state index contributed by atoms with van der Waals surface area (Å²) in [7, 11) is 0. The van der Waals surface area contributed by atoms with E-state index in [-0.39, 0.29) is 24.0 Å². The highest BCUT2D eigenvalue weighted by Gasteiger charge is 2.14. The number of aromatic nitrogens is 1. The standard InChI is InChI=1S/C20H27N3O2/c1-5-16(13-24)22-18-11-10-17(12-21-18)23-19(25)14-6-8-15(9-7-14)20(2,3)4/h6-12,16,24H,5,13H2,1-4H3,(H,21,22)(H,23,25). The lowest BCUT2D eigenvalue weighted by Crippen LogP contribution is -2.23. The molecule has 1 aromatic carbocycles. The predicted octanol–water partition coefficient (Wildman–Crippen LogP) is 3.81. The van der Waals surface area contributed by atoms with E-state index in [2.05, 4.69) is 36.4 Å². The van der Waals surface area contributed by atoms with Gasteiger partial charge in [0.1, 0.15) is 5.82 Å². The molecule has 0 spiro atoms. The summed E-state index contributed by atoms with van der Waals surface area (Å²) in [5.74, 6) is 0.512. The smallest absolute Gasteiger partial charge is 0.255 e. The van der Waals surface area contributed by atoms with E-state index >= 15 is 0 Å². The quantitative estimate of drug-likeness (QED) is 0.747. The molecular weight excluding hydrogens is 314 g/mol. The highest BCUT2D eigenvalue weighted by molar-refractivity contribution is 6.04. The van der Waals surface area contributed by atoms with Crippen molar-refractivity contribution in [2.24, 2.45) is 0 Å². The monoisotopic (exact) mass is 341 g/mol. The van der Waals surface area contributed by atoms with Crippen LogP contribution in [0.15, 0.2) is 42.6 Å². The van der Waals surface area contributed by atoms with E-state index in [1.54, 1.807) is 18.3 Å². The summed E-state index contributed by atoms with van der Waals surface area (Å²) in [4.78, 5) is 16.6. The van der Waals surface area contributed by atoms with Gasteiger partial charge in [-0.25, -0.2) is 4.98 Å². The maximum absolute atomic E-state index is 12.3. The first-order valence-corrected chi connectivity index (χ1v) is 8.59. The SMILES string of the molecule is CCC(CO)Nc1ccc(NC(=O)c2ccc(C(C)(C)C)cc2)cn1. The van der Waals surface area contributed by atoms with Crippen molar-refractivity contribution >= 4 is 17.4 Å². The van der Waals surface area contributed by atoms with Gasteiger partial charge in [-0.2, -0.15) is 0 Å². The fourth-order valence-corrected chi connectivity index (χ4v) is 2.36. The van der Waals surface area contributed by atoms with Crippen LogP contribution >= 0.6 is 0 Å². The van der Waals surface area contributed by atoms with E-state index in [1.165, 1.54) is 5.56 Å². The highest BCUT2D eigenvalue weighted by Crippen LogP contribution is 2.22. The molecule has 0 aliphatic rings. The first-order chi connectivity index (χ1) is 11.8. The third kappa shape index (κ3) is 5.29. The van der Waals surface area contributed by atoms with Gasteiger partial charge in [0.15, 0.2) is 0 Å². The number of carbonyl (C=O) groups is 1. The van der Waals surface area contributed by atoms with Gasteiger partial charge in [0.05, 0.1) is 24.5 Å². The Labute approximate surface area is 149 Å². The molecular formula is C20H27N3O2. The number of anilines is 2. The molecule has 1 heterocycles. The van der Waals surface area contributed by atoms with E-state index in [4.69, 9.17) is 0 Å². The second kappa shape index (κ2) is 8.12. The number of pyridine rings is 1. The maximum Gasteiger partial charge on any atom is 0.255 e. The zero-order valence-corrected chi connectivity index (χ0v) is 15.3. The van der Waals surface area contributed by atoms with Crippen molar-refractivity contribution in [1.82, 2.24) is 4.98 Å². The zero-order chi connectivity index (χ0) is 18.4. The van der Waals surface area contributed by atoms with Crippen LogP contribution in [0.4, 0.5) is 11.5 Å². The Balaban J connectivity index is 2.00. The molecule has 1 amide bonds. The molecule has 3 N–H and O–H groups in total. The van der Waals surface area contributed by atoms with Gasteiger partial charge in [-0.05, 0) is 41.7 Å². The fraction of sp³-hybridized carbons (Fsp3) is 0.400. The Morgan fingerprint density at radius 1 is 1.16 bits per heavy atom. The Bertz CT molecular complexity index is 684. The lowest BCUT2D eigenvalue weighted by atomic mass is 9.87. The van der Waals surface area contributed by atoms with Gasteiger partial charge in [-0.15, -0.1) is 0 Å². The van der Waals surface area contributed by atoms with Gasteiger partial charge in [0, 0.05) is 5.56 Å². The predicted molar refractivity (Wildman–Crippen MR) is 102 cm³/mol. The summed E-state index contributed by atoms with van der Waals surface area (Å²) < 4.78 is 0. The van der Waals surface area contributed by atoms with Crippen molar-refractivity contribution in [1.29, 1.82) is 0 Å². The van der Waals surface area contributed by atoms with Gasteiger partial charge in [-0.1, -0.05) is 39.8 Å². The molecule has 0 radical (unpaired) electrons. The van der Waals surface area contributed by atoms with E-state index in [0.717, 1.165) is 6.42 Å². The molecule has 0 saturated heterocycles. The summed E-state index contributed by atoms with van der Waals surface area (Å²) >= 11 is 0. The fourth-order valence-electron chi connectivity index (χ4n) is 2.36. The molecule has 5 heteroatoms. The average Bonchev–Trinajstić information content (AvgIpc) is 2.60. The average molecular weight is 341 g/mol. The van der Waals surface area contributed by atoms with Crippen LogP contribution in [0.1, 0.15) is 50.0 Å². The van der Waals surface area contributed by atoms with E-state index in [9.17, 15) is 9.90 Å². The Hall–Kier alpha value is -2.40. The molecule has 134 valence electrons. The van der Waals surface area contributed by atoms with Gasteiger partial charge < -0.3 is 15.7 Å². The van der Waals surface area contributed by atoms with Crippen LogP contribution in [0, 0.1) is 0 Å². The van der Waals surface area contributed by atoms with Crippen LogP contribution in [-0.4, -0.2) is 28.6 Å². The summed E-state index contributed by atoms with van der Waals surface area (Å²) in [6, 6.07) is 11.2. The number of benzene rings is 1. The summed E-state index contributed by atoms with van der Waals surface area (Å²) in [6.07, 6.45) is 2.41. The summed E-state index contributed by atoms with van der Waals surface area (Å²) in [5.41, 5.74) is 2.50. The molecule has 2 aromatic rings. The molecule has 0 bridgehead atoms. The number of aliphatic hydroxyl groups is 1. The topological polar surface area (TPSA) is 74.2 Å². The van der Waals surface area contributed by atoms with Crippen LogP contribution < -0.4 is 10.6 Å². The maximum atomic E-state index is 12.3. The van der Waals surface area contributed by atoms with E-state index in [1.807, 2.05) is 31.2 Å². The van der Waals surface area contributed by atoms with Crippen LogP contribution in [0.5, 0.6) is 0 Å². The van der Waals surface area contributed by atoms with Crippen molar-refractivity contribution in [3.05, 3.63) is 53.7 Å². The van der Waals surface area contributed by atoms with Crippen LogP contribution in [0.2, 0.25) is 0 Å². The molecule has 2 rings (SSSR count). The first-order valence-electron chi connectivity index (χ1n) is 8.59. The molecule has 1 unspecified atom stereocenters. The van der Waals surface area contributed by atoms with Crippen molar-refractivity contribution < 1.29 is 9.90 Å². The highest BCUT2D eigenvalue weighted by atomic mass is 16.3. The lowest BCUT2D eigenvalue weighted by molar-refractivity contribution is 0.102. The normalized spacial score (nSPS) is 12.5. The largest absolute Gasteiger partial charge is 0.394 e. The lowest BCUT2D eigenvalue weighted by Gasteiger charge is -2.19. The minimum absolute atomic E-state index is 0.0192. The van der Waals surface area contributed by atoms with Gasteiger partial charge in [-0.3, -0.25) is 4.79 Å². The third-order valence-corrected chi connectivity index (χ3v) is 4.10. The van der Waals surface area contributed by atoms with Crippen molar-refractivity contribution in [2.75, 3.05) is 17.2 Å². The summed E-state index contributed by atoms with van der Waals surface area (Å²) in [6.45, 7) is 8.48. The van der Waals surface area contributed by atoms with Crippen molar-refractivity contribution in [3.8, 4) is 0 Å². The van der Waals surface area contributed by atoms with Crippen LogP contribution in [-0.2, 0) is 5.41 Å². The van der Waals surface area contributed by atoms with Crippen LogP contribution in [0.3, 0.4) is 0 Å². The Morgan fingerprint density at radius 3 is 2.32 bits per heavy atom. The zero-order valence-electron chi connectivity index (χ0n) is 15.3. The molecule has 0 aliphatic carbocycles. The molecule has 1 aromatic heterocycles. The minimum Gasteiger partial charge on any atom is -0.394 e. The first kappa shape index (κ1) is 18.9.